The minimum atomic E-state index is -0.579. The maximum Gasteiger partial charge on any atom is 0.273 e. The Kier molecular flexibility index (Phi) is 2.82. The lowest BCUT2D eigenvalue weighted by atomic mass is 9.79. The summed E-state index contributed by atoms with van der Waals surface area (Å²) < 4.78 is 13.6. The Labute approximate surface area is 111 Å². The van der Waals surface area contributed by atoms with E-state index in [0.29, 0.717) is 0 Å². The summed E-state index contributed by atoms with van der Waals surface area (Å²) in [6, 6.07) is 2.73. The first kappa shape index (κ1) is 12.5. The summed E-state index contributed by atoms with van der Waals surface area (Å²) in [4.78, 5) is 16.0. The first-order valence-electron chi connectivity index (χ1n) is 6.74. The van der Waals surface area contributed by atoms with Gasteiger partial charge in [-0.3, -0.25) is 4.79 Å². The highest BCUT2D eigenvalue weighted by atomic mass is 19.1. The molecule has 0 saturated heterocycles. The SMILES string of the molecule is N[C@@]12CCC[C@@](NC(=O)c3ncccc3F)(CC1)C2. The molecule has 0 radical (unpaired) electrons. The van der Waals surface area contributed by atoms with Crippen molar-refractivity contribution in [2.75, 3.05) is 0 Å². The van der Waals surface area contributed by atoms with Gasteiger partial charge in [0, 0.05) is 17.3 Å². The van der Waals surface area contributed by atoms with Crippen molar-refractivity contribution in [2.24, 2.45) is 5.73 Å². The summed E-state index contributed by atoms with van der Waals surface area (Å²) in [7, 11) is 0. The first-order valence-corrected chi connectivity index (χ1v) is 6.74. The lowest BCUT2D eigenvalue weighted by Gasteiger charge is -2.37. The Morgan fingerprint density at radius 1 is 1.37 bits per heavy atom. The largest absolute Gasteiger partial charge is 0.345 e. The van der Waals surface area contributed by atoms with Gasteiger partial charge >= 0.3 is 0 Å². The summed E-state index contributed by atoms with van der Waals surface area (Å²) in [5, 5.41) is 2.98. The van der Waals surface area contributed by atoms with Gasteiger partial charge in [-0.2, -0.15) is 0 Å². The van der Waals surface area contributed by atoms with Crippen molar-refractivity contribution in [3.05, 3.63) is 29.8 Å². The fourth-order valence-electron chi connectivity index (χ4n) is 3.57. The molecule has 102 valence electrons. The number of carbonyl (C=O) groups excluding carboxylic acids is 1. The van der Waals surface area contributed by atoms with Crippen molar-refractivity contribution in [3.8, 4) is 0 Å². The van der Waals surface area contributed by atoms with Crippen LogP contribution in [0.5, 0.6) is 0 Å². The molecule has 1 aromatic heterocycles. The van der Waals surface area contributed by atoms with E-state index in [1.807, 2.05) is 0 Å². The molecule has 2 aliphatic carbocycles. The third-order valence-electron chi connectivity index (χ3n) is 4.47. The van der Waals surface area contributed by atoms with Crippen LogP contribution in [0.1, 0.15) is 49.0 Å². The molecule has 0 unspecified atom stereocenters. The van der Waals surface area contributed by atoms with Crippen LogP contribution in [0.4, 0.5) is 4.39 Å². The molecule has 4 nitrogen and oxygen atoms in total. The van der Waals surface area contributed by atoms with Gasteiger partial charge in [0.1, 0.15) is 0 Å². The van der Waals surface area contributed by atoms with Crippen molar-refractivity contribution in [2.45, 2.75) is 49.6 Å². The van der Waals surface area contributed by atoms with E-state index in [-0.39, 0.29) is 16.8 Å². The summed E-state index contributed by atoms with van der Waals surface area (Å²) in [5.41, 5.74) is 5.76. The Bertz CT molecular complexity index is 521. The van der Waals surface area contributed by atoms with Crippen LogP contribution in [0, 0.1) is 5.82 Å². The van der Waals surface area contributed by atoms with E-state index in [1.165, 1.54) is 18.3 Å². The van der Waals surface area contributed by atoms with Gasteiger partial charge in [0.2, 0.25) is 0 Å². The number of aromatic nitrogens is 1. The van der Waals surface area contributed by atoms with Crippen LogP contribution in [0.2, 0.25) is 0 Å². The number of halogens is 1. The number of nitrogens with one attached hydrogen (secondary N) is 1. The molecule has 2 saturated carbocycles. The van der Waals surface area contributed by atoms with Crippen LogP contribution in [-0.2, 0) is 0 Å². The minimum absolute atomic E-state index is 0.128. The summed E-state index contributed by atoms with van der Waals surface area (Å²) in [6.45, 7) is 0. The fraction of sp³-hybridized carbons (Fsp3) is 0.571. The molecular formula is C14H18FN3O. The van der Waals surface area contributed by atoms with Crippen LogP contribution < -0.4 is 11.1 Å². The highest BCUT2D eigenvalue weighted by molar-refractivity contribution is 5.93. The molecule has 1 heterocycles. The molecule has 0 aliphatic heterocycles. The molecule has 1 amide bonds. The average Bonchev–Trinajstić information content (AvgIpc) is 2.59. The van der Waals surface area contributed by atoms with E-state index in [1.54, 1.807) is 0 Å². The number of hydrogen-bond donors (Lipinski definition) is 2. The molecular weight excluding hydrogens is 245 g/mol. The van der Waals surface area contributed by atoms with Crippen molar-refractivity contribution in [3.63, 3.8) is 0 Å². The van der Waals surface area contributed by atoms with Gasteiger partial charge in [0.15, 0.2) is 11.5 Å². The number of fused-ring (bicyclic) bond motifs is 2. The van der Waals surface area contributed by atoms with Gasteiger partial charge in [-0.15, -0.1) is 0 Å². The third kappa shape index (κ3) is 2.23. The number of amides is 1. The zero-order chi connectivity index (χ0) is 13.5. The molecule has 1 aromatic rings. The number of nitrogens with zero attached hydrogens (tertiary/aromatic N) is 1. The second-order valence-electron chi connectivity index (χ2n) is 5.96. The van der Waals surface area contributed by atoms with Gasteiger partial charge in [0.25, 0.3) is 5.91 Å². The second-order valence-corrected chi connectivity index (χ2v) is 5.96. The van der Waals surface area contributed by atoms with Crippen molar-refractivity contribution >= 4 is 5.91 Å². The lowest BCUT2D eigenvalue weighted by Crippen LogP contribution is -2.52. The van der Waals surface area contributed by atoms with E-state index in [0.717, 1.165) is 38.5 Å². The minimum Gasteiger partial charge on any atom is -0.345 e. The average molecular weight is 263 g/mol. The first-order chi connectivity index (χ1) is 9.02. The van der Waals surface area contributed by atoms with E-state index >= 15 is 0 Å². The maximum atomic E-state index is 13.6. The maximum absolute atomic E-state index is 13.6. The monoisotopic (exact) mass is 263 g/mol. The smallest absolute Gasteiger partial charge is 0.273 e. The topological polar surface area (TPSA) is 68.0 Å². The molecule has 2 bridgehead atoms. The van der Waals surface area contributed by atoms with Crippen LogP contribution in [0.3, 0.4) is 0 Å². The number of hydrogen-bond acceptors (Lipinski definition) is 3. The van der Waals surface area contributed by atoms with Gasteiger partial charge in [-0.25, -0.2) is 9.37 Å². The van der Waals surface area contributed by atoms with Gasteiger partial charge in [-0.05, 0) is 50.7 Å². The molecule has 3 N–H and O–H groups in total. The lowest BCUT2D eigenvalue weighted by molar-refractivity contribution is 0.0867. The molecule has 2 aliphatic rings. The van der Waals surface area contributed by atoms with E-state index in [2.05, 4.69) is 10.3 Å². The standard InChI is InChI=1S/C14H18FN3O/c15-10-3-1-8-17-11(10)12(19)18-14-5-2-4-13(16,9-14)6-7-14/h1,3,8H,2,4-7,9,16H2,(H,18,19)/t13-,14+/m0/s1. The molecule has 0 spiro atoms. The van der Waals surface area contributed by atoms with Crippen molar-refractivity contribution in [1.29, 1.82) is 0 Å². The van der Waals surface area contributed by atoms with Crippen molar-refractivity contribution in [1.82, 2.24) is 10.3 Å². The van der Waals surface area contributed by atoms with E-state index in [4.69, 9.17) is 5.73 Å². The quantitative estimate of drug-likeness (QED) is 0.854. The molecule has 19 heavy (non-hydrogen) atoms. The number of rotatable bonds is 2. The zero-order valence-electron chi connectivity index (χ0n) is 10.8. The van der Waals surface area contributed by atoms with E-state index < -0.39 is 11.7 Å². The summed E-state index contributed by atoms with van der Waals surface area (Å²) in [6.07, 6.45) is 6.98. The second kappa shape index (κ2) is 4.27. The van der Waals surface area contributed by atoms with Crippen molar-refractivity contribution < 1.29 is 9.18 Å². The predicted octanol–water partition coefficient (Wildman–Crippen LogP) is 1.75. The number of pyridine rings is 1. The van der Waals surface area contributed by atoms with Gasteiger partial charge < -0.3 is 11.1 Å². The Balaban J connectivity index is 1.79. The van der Waals surface area contributed by atoms with Crippen LogP contribution in [0.15, 0.2) is 18.3 Å². The fourth-order valence-corrected chi connectivity index (χ4v) is 3.57. The van der Waals surface area contributed by atoms with Crippen LogP contribution >= 0.6 is 0 Å². The summed E-state index contributed by atoms with van der Waals surface area (Å²) in [5.74, 6) is -1.01. The molecule has 2 atom stereocenters. The van der Waals surface area contributed by atoms with Crippen LogP contribution in [-0.4, -0.2) is 22.0 Å². The number of nitrogens with two attached hydrogens (primary N) is 1. The summed E-state index contributed by atoms with van der Waals surface area (Å²) >= 11 is 0. The van der Waals surface area contributed by atoms with Crippen LogP contribution in [0.25, 0.3) is 0 Å². The molecule has 0 aromatic carbocycles. The zero-order valence-corrected chi connectivity index (χ0v) is 10.8. The highest BCUT2D eigenvalue weighted by Crippen LogP contribution is 2.46. The van der Waals surface area contributed by atoms with Gasteiger partial charge in [-0.1, -0.05) is 0 Å². The number of carbonyl (C=O) groups is 1. The van der Waals surface area contributed by atoms with Gasteiger partial charge in [0.05, 0.1) is 0 Å². The normalized spacial score (nSPS) is 33.2. The Morgan fingerprint density at radius 2 is 2.21 bits per heavy atom. The third-order valence-corrected chi connectivity index (χ3v) is 4.47. The molecule has 2 fully saturated rings. The Hall–Kier alpha value is -1.49. The molecule has 3 rings (SSSR count). The predicted molar refractivity (Wildman–Crippen MR) is 69.0 cm³/mol. The highest BCUT2D eigenvalue weighted by Gasteiger charge is 2.49. The molecule has 5 heteroatoms. The Morgan fingerprint density at radius 3 is 3.00 bits per heavy atom. The van der Waals surface area contributed by atoms with E-state index in [9.17, 15) is 9.18 Å².